The Balaban J connectivity index is 3.58. The van der Waals surface area contributed by atoms with E-state index in [0.29, 0.717) is 0 Å². The Kier molecular flexibility index (Phi) is 1.83. The largest absolute Gasteiger partial charge is 0.390 e. The lowest BCUT2D eigenvalue weighted by Gasteiger charge is -1.99. The predicted molar refractivity (Wildman–Crippen MR) is 18.1 cm³/mol. The van der Waals surface area contributed by atoms with Crippen molar-refractivity contribution >= 4 is 6.29 Å². The van der Waals surface area contributed by atoms with Crippen LogP contribution in [0.4, 0.5) is 8.78 Å². The first-order valence-electron chi connectivity index (χ1n) is 1.57. The average molecular weight is 110 g/mol. The zero-order chi connectivity index (χ0) is 5.91. The Morgan fingerprint density at radius 2 is 2.14 bits per heavy atom. The number of aliphatic hydroxyl groups excluding tert-OH is 1. The zero-order valence-corrected chi connectivity index (χ0v) is 3.40. The third kappa shape index (κ3) is 2.22. The first-order chi connectivity index (χ1) is 3.12. The molecular weight excluding hydrogens is 106 g/mol. The van der Waals surface area contributed by atoms with Crippen molar-refractivity contribution < 1.29 is 18.7 Å². The molecule has 0 saturated carbocycles. The Labute approximate surface area is 38.8 Å². The van der Waals surface area contributed by atoms with Gasteiger partial charge in [-0.15, -0.1) is 0 Å². The summed E-state index contributed by atoms with van der Waals surface area (Å²) in [4.78, 5) is 9.15. The molecule has 0 radical (unpaired) electrons. The SMILES string of the molecule is O=CC(F)(F)CO. The van der Waals surface area contributed by atoms with Crippen LogP contribution >= 0.6 is 0 Å². The number of halogens is 2. The van der Waals surface area contributed by atoms with Crippen molar-refractivity contribution in [2.75, 3.05) is 6.61 Å². The maximum absolute atomic E-state index is 11.3. The summed E-state index contributed by atoms with van der Waals surface area (Å²) in [5.74, 6) is -3.54. The molecule has 0 aromatic rings. The molecule has 0 spiro atoms. The van der Waals surface area contributed by atoms with Crippen LogP contribution in [0.15, 0.2) is 0 Å². The summed E-state index contributed by atoms with van der Waals surface area (Å²) >= 11 is 0. The van der Waals surface area contributed by atoms with Crippen LogP contribution < -0.4 is 0 Å². The first kappa shape index (κ1) is 6.49. The van der Waals surface area contributed by atoms with Gasteiger partial charge in [-0.3, -0.25) is 4.79 Å². The molecule has 0 aliphatic heterocycles. The average Bonchev–Trinajstić information content (AvgIpc) is 1.68. The van der Waals surface area contributed by atoms with Crippen LogP contribution in [0, 0.1) is 0 Å². The number of hydrogen-bond donors (Lipinski definition) is 1. The highest BCUT2D eigenvalue weighted by molar-refractivity contribution is 5.59. The van der Waals surface area contributed by atoms with E-state index in [1.165, 1.54) is 0 Å². The molecule has 0 aliphatic carbocycles. The molecule has 1 N–H and O–H groups in total. The highest BCUT2D eigenvalue weighted by Crippen LogP contribution is 2.05. The minimum absolute atomic E-state index is 0.590. The van der Waals surface area contributed by atoms with Crippen LogP contribution in [0.1, 0.15) is 0 Å². The Morgan fingerprint density at radius 3 is 2.14 bits per heavy atom. The Hall–Kier alpha value is -0.510. The molecule has 0 bridgehead atoms. The summed E-state index contributed by atoms with van der Waals surface area (Å²) < 4.78 is 22.5. The van der Waals surface area contributed by atoms with Crippen LogP contribution in [0.25, 0.3) is 0 Å². The lowest BCUT2D eigenvalue weighted by Crippen LogP contribution is -2.22. The fourth-order valence-electron chi connectivity index (χ4n) is 0.0373. The van der Waals surface area contributed by atoms with E-state index in [0.717, 1.165) is 0 Å². The quantitative estimate of drug-likeness (QED) is 0.500. The molecule has 0 heterocycles. The molecule has 0 aliphatic rings. The summed E-state index contributed by atoms with van der Waals surface area (Å²) in [7, 11) is 0. The highest BCUT2D eigenvalue weighted by Gasteiger charge is 2.25. The molecule has 2 nitrogen and oxygen atoms in total. The minimum atomic E-state index is -3.54. The number of carbonyl (C=O) groups is 1. The summed E-state index contributed by atoms with van der Waals surface area (Å²) in [6.07, 6.45) is -0.590. The van der Waals surface area contributed by atoms with Crippen molar-refractivity contribution in [3.63, 3.8) is 0 Å². The molecule has 0 aromatic carbocycles. The third-order valence-corrected chi connectivity index (χ3v) is 0.383. The van der Waals surface area contributed by atoms with E-state index < -0.39 is 18.8 Å². The second-order valence-corrected chi connectivity index (χ2v) is 1.04. The molecule has 0 rings (SSSR count). The molecule has 0 amide bonds. The molecule has 7 heavy (non-hydrogen) atoms. The van der Waals surface area contributed by atoms with Crippen LogP contribution in [-0.2, 0) is 4.79 Å². The molecule has 0 saturated heterocycles. The van der Waals surface area contributed by atoms with Crippen LogP contribution in [0.2, 0.25) is 0 Å². The standard InChI is InChI=1S/C3H4F2O2/c4-3(5,1-6)2-7/h1,7H,2H2. The number of alkyl halides is 2. The van der Waals surface area contributed by atoms with E-state index in [1.54, 1.807) is 0 Å². The van der Waals surface area contributed by atoms with Gasteiger partial charge in [0.1, 0.15) is 6.61 Å². The van der Waals surface area contributed by atoms with E-state index >= 15 is 0 Å². The number of hydrogen-bond acceptors (Lipinski definition) is 2. The second kappa shape index (κ2) is 1.97. The van der Waals surface area contributed by atoms with Gasteiger partial charge in [-0.25, -0.2) is 0 Å². The summed E-state index contributed by atoms with van der Waals surface area (Å²) in [6, 6.07) is 0. The zero-order valence-electron chi connectivity index (χ0n) is 3.40. The maximum atomic E-state index is 11.3. The molecule has 0 atom stereocenters. The van der Waals surface area contributed by atoms with E-state index in [4.69, 9.17) is 9.90 Å². The van der Waals surface area contributed by atoms with Crippen molar-refractivity contribution in [2.24, 2.45) is 0 Å². The number of aldehydes is 1. The van der Waals surface area contributed by atoms with Crippen LogP contribution in [-0.4, -0.2) is 23.9 Å². The van der Waals surface area contributed by atoms with Crippen LogP contribution in [0.3, 0.4) is 0 Å². The first-order valence-corrected chi connectivity index (χ1v) is 1.57. The number of aliphatic hydroxyl groups is 1. The minimum Gasteiger partial charge on any atom is -0.390 e. The van der Waals surface area contributed by atoms with E-state index in [2.05, 4.69) is 0 Å². The summed E-state index contributed by atoms with van der Waals surface area (Å²) in [5.41, 5.74) is 0. The van der Waals surface area contributed by atoms with Gasteiger partial charge >= 0.3 is 5.92 Å². The maximum Gasteiger partial charge on any atom is 0.324 e. The Bertz CT molecular complexity index is 71.3. The van der Waals surface area contributed by atoms with E-state index in [-0.39, 0.29) is 0 Å². The van der Waals surface area contributed by atoms with E-state index in [9.17, 15) is 8.78 Å². The number of carbonyl (C=O) groups excluding carboxylic acids is 1. The highest BCUT2D eigenvalue weighted by atomic mass is 19.3. The lowest BCUT2D eigenvalue weighted by molar-refractivity contribution is -0.134. The van der Waals surface area contributed by atoms with E-state index in [1.807, 2.05) is 0 Å². The van der Waals surface area contributed by atoms with Crippen molar-refractivity contribution in [2.45, 2.75) is 5.92 Å². The molecule has 0 fully saturated rings. The van der Waals surface area contributed by atoms with Crippen molar-refractivity contribution in [3.05, 3.63) is 0 Å². The Morgan fingerprint density at radius 1 is 1.71 bits per heavy atom. The van der Waals surface area contributed by atoms with Gasteiger partial charge < -0.3 is 5.11 Å². The van der Waals surface area contributed by atoms with Gasteiger partial charge in [-0.1, -0.05) is 0 Å². The fourth-order valence-corrected chi connectivity index (χ4v) is 0.0373. The number of rotatable bonds is 2. The van der Waals surface area contributed by atoms with Gasteiger partial charge in [0, 0.05) is 0 Å². The second-order valence-electron chi connectivity index (χ2n) is 1.04. The summed E-state index contributed by atoms with van der Waals surface area (Å²) in [5, 5.41) is 7.61. The predicted octanol–water partition coefficient (Wildman–Crippen LogP) is -0.187. The summed E-state index contributed by atoms with van der Waals surface area (Å²) in [6.45, 7) is -1.41. The van der Waals surface area contributed by atoms with Gasteiger partial charge in [-0.05, 0) is 0 Å². The third-order valence-electron chi connectivity index (χ3n) is 0.383. The van der Waals surface area contributed by atoms with Gasteiger partial charge in [-0.2, -0.15) is 8.78 Å². The molecular formula is C3H4F2O2. The van der Waals surface area contributed by atoms with Gasteiger partial charge in [0.15, 0.2) is 6.29 Å². The lowest BCUT2D eigenvalue weighted by atomic mass is 10.4. The van der Waals surface area contributed by atoms with Crippen molar-refractivity contribution in [3.8, 4) is 0 Å². The monoisotopic (exact) mass is 110 g/mol. The molecule has 0 aromatic heterocycles. The topological polar surface area (TPSA) is 37.3 Å². The van der Waals surface area contributed by atoms with Gasteiger partial charge in [0.25, 0.3) is 0 Å². The van der Waals surface area contributed by atoms with Crippen LogP contribution in [0.5, 0.6) is 0 Å². The molecule has 4 heteroatoms. The van der Waals surface area contributed by atoms with Crippen molar-refractivity contribution in [1.82, 2.24) is 0 Å². The van der Waals surface area contributed by atoms with Crippen molar-refractivity contribution in [1.29, 1.82) is 0 Å². The fraction of sp³-hybridized carbons (Fsp3) is 0.667. The van der Waals surface area contributed by atoms with Gasteiger partial charge in [0.05, 0.1) is 0 Å². The smallest absolute Gasteiger partial charge is 0.324 e. The van der Waals surface area contributed by atoms with Gasteiger partial charge in [0.2, 0.25) is 0 Å². The molecule has 42 valence electrons. The normalized spacial score (nSPS) is 11.3. The molecule has 0 unspecified atom stereocenters.